The summed E-state index contributed by atoms with van der Waals surface area (Å²) in [6.45, 7) is 7.05. The van der Waals surface area contributed by atoms with Crippen LogP contribution in [0.1, 0.15) is 12.7 Å². The Balaban J connectivity index is 1.83. The van der Waals surface area contributed by atoms with Crippen LogP contribution < -0.4 is 10.2 Å². The molecule has 0 bridgehead atoms. The van der Waals surface area contributed by atoms with Gasteiger partial charge in [-0.05, 0) is 23.9 Å². The van der Waals surface area contributed by atoms with Gasteiger partial charge in [-0.1, -0.05) is 24.6 Å². The van der Waals surface area contributed by atoms with E-state index in [0.717, 1.165) is 44.1 Å². The monoisotopic (exact) mass is 358 g/mol. The molecule has 0 unspecified atom stereocenters. The first-order valence-electron chi connectivity index (χ1n) is 8.09. The number of hydrogen-bond donors (Lipinski definition) is 2. The van der Waals surface area contributed by atoms with Gasteiger partial charge in [0, 0.05) is 32.4 Å². The number of tetrazole rings is 1. The van der Waals surface area contributed by atoms with E-state index in [4.69, 9.17) is 11.6 Å². The zero-order valence-electron chi connectivity index (χ0n) is 13.9. The largest absolute Gasteiger partial charge is 0.366 e. The predicted molar refractivity (Wildman–Crippen MR) is 97.2 cm³/mol. The molecule has 1 saturated heterocycles. The van der Waals surface area contributed by atoms with Crippen LogP contribution in [0.4, 0.5) is 11.4 Å². The Morgan fingerprint density at radius 3 is 2.84 bits per heavy atom. The minimum Gasteiger partial charge on any atom is -0.366 e. The zero-order chi connectivity index (χ0) is 17.6. The van der Waals surface area contributed by atoms with E-state index in [2.05, 4.69) is 48.7 Å². The highest BCUT2D eigenvalue weighted by Crippen LogP contribution is 2.34. The Morgan fingerprint density at radius 1 is 1.40 bits per heavy atom. The summed E-state index contributed by atoms with van der Waals surface area (Å²) in [5.74, 6) is 0.245. The minimum atomic E-state index is 0.245. The zero-order valence-corrected chi connectivity index (χ0v) is 14.7. The standard InChI is InChI=1S/C16H19ClN8/c1-2-24-6-8-25(9-7-24)15-13(17)4-3-5-14(15)19-11-12(10-18)16-20-22-23-21-16/h3-5,11,19H,2,6-9H2,1H3,(H,20,21,22,23). The lowest BCUT2D eigenvalue weighted by Gasteiger charge is -2.36. The van der Waals surface area contributed by atoms with Gasteiger partial charge in [-0.25, -0.2) is 0 Å². The molecule has 1 fully saturated rings. The van der Waals surface area contributed by atoms with Crippen molar-refractivity contribution >= 4 is 28.5 Å². The summed E-state index contributed by atoms with van der Waals surface area (Å²) in [6, 6.07) is 7.76. The number of likely N-dealkylation sites (N-methyl/N-ethyl adjacent to an activating group) is 1. The Morgan fingerprint density at radius 2 is 2.20 bits per heavy atom. The molecule has 3 rings (SSSR count). The van der Waals surface area contributed by atoms with E-state index in [1.54, 1.807) is 6.20 Å². The smallest absolute Gasteiger partial charge is 0.216 e. The van der Waals surface area contributed by atoms with Gasteiger partial charge in [0.1, 0.15) is 11.6 Å². The van der Waals surface area contributed by atoms with Crippen LogP contribution in [0.3, 0.4) is 0 Å². The molecule has 0 aliphatic carbocycles. The van der Waals surface area contributed by atoms with Gasteiger partial charge in [-0.15, -0.1) is 10.2 Å². The van der Waals surface area contributed by atoms with E-state index >= 15 is 0 Å². The molecule has 1 aromatic carbocycles. The summed E-state index contributed by atoms with van der Waals surface area (Å²) in [6.07, 6.45) is 1.57. The summed E-state index contributed by atoms with van der Waals surface area (Å²) in [4.78, 5) is 4.68. The number of anilines is 2. The number of nitrogens with one attached hydrogen (secondary N) is 2. The molecule has 1 aromatic heterocycles. The third-order valence-corrected chi connectivity index (χ3v) is 4.51. The van der Waals surface area contributed by atoms with Crippen LogP contribution in [0, 0.1) is 11.3 Å². The van der Waals surface area contributed by atoms with Crippen LogP contribution in [-0.2, 0) is 0 Å². The SMILES string of the molecule is CCN1CCN(c2c(Cl)cccc2NC=C(C#N)c2nn[nH]n2)CC1. The van der Waals surface area contributed by atoms with Crippen molar-refractivity contribution in [2.75, 3.05) is 42.9 Å². The number of aromatic amines is 1. The van der Waals surface area contributed by atoms with Gasteiger partial charge in [0.05, 0.1) is 16.4 Å². The van der Waals surface area contributed by atoms with Crippen molar-refractivity contribution in [1.82, 2.24) is 25.5 Å². The number of piperazine rings is 1. The summed E-state index contributed by atoms with van der Waals surface area (Å²) in [7, 11) is 0. The Bertz CT molecular complexity index is 772. The molecule has 0 spiro atoms. The quantitative estimate of drug-likeness (QED) is 0.788. The second kappa shape index (κ2) is 7.96. The lowest BCUT2D eigenvalue weighted by Crippen LogP contribution is -2.46. The number of H-pyrrole nitrogens is 1. The Kier molecular flexibility index (Phi) is 5.48. The van der Waals surface area contributed by atoms with E-state index in [1.807, 2.05) is 18.2 Å². The normalized spacial score (nSPS) is 15.9. The molecule has 2 N–H and O–H groups in total. The van der Waals surface area contributed by atoms with E-state index in [-0.39, 0.29) is 11.4 Å². The number of rotatable bonds is 5. The number of para-hydroxylation sites is 1. The minimum absolute atomic E-state index is 0.245. The van der Waals surface area contributed by atoms with Crippen LogP contribution in [0.25, 0.3) is 5.57 Å². The first-order valence-corrected chi connectivity index (χ1v) is 8.47. The van der Waals surface area contributed by atoms with Gasteiger partial charge >= 0.3 is 0 Å². The fourth-order valence-electron chi connectivity index (χ4n) is 2.81. The molecule has 0 saturated carbocycles. The molecule has 2 aromatic rings. The Hall–Kier alpha value is -2.63. The molecule has 0 amide bonds. The maximum Gasteiger partial charge on any atom is 0.216 e. The highest BCUT2D eigenvalue weighted by molar-refractivity contribution is 6.34. The van der Waals surface area contributed by atoms with Crippen LogP contribution in [0.2, 0.25) is 5.02 Å². The molecule has 0 radical (unpaired) electrons. The van der Waals surface area contributed by atoms with Crippen LogP contribution in [0.15, 0.2) is 24.4 Å². The molecule has 1 aliphatic rings. The van der Waals surface area contributed by atoms with Gasteiger partial charge in [0.2, 0.25) is 5.82 Å². The van der Waals surface area contributed by atoms with Gasteiger partial charge in [-0.3, -0.25) is 0 Å². The first kappa shape index (κ1) is 17.2. The third-order valence-electron chi connectivity index (χ3n) is 4.20. The topological polar surface area (TPSA) is 96.8 Å². The molecule has 25 heavy (non-hydrogen) atoms. The molecule has 9 heteroatoms. The van der Waals surface area contributed by atoms with Crippen molar-refractivity contribution in [2.45, 2.75) is 6.92 Å². The van der Waals surface area contributed by atoms with Crippen molar-refractivity contribution in [1.29, 1.82) is 5.26 Å². The van der Waals surface area contributed by atoms with Gasteiger partial charge in [0.25, 0.3) is 0 Å². The summed E-state index contributed by atoms with van der Waals surface area (Å²) >= 11 is 6.46. The van der Waals surface area contributed by atoms with Crippen molar-refractivity contribution < 1.29 is 0 Å². The molecule has 1 aliphatic heterocycles. The number of hydrogen-bond acceptors (Lipinski definition) is 7. The van der Waals surface area contributed by atoms with Crippen molar-refractivity contribution in [3.8, 4) is 6.07 Å². The van der Waals surface area contributed by atoms with Crippen LogP contribution >= 0.6 is 11.6 Å². The predicted octanol–water partition coefficient (Wildman–Crippen LogP) is 1.97. The second-order valence-electron chi connectivity index (χ2n) is 5.61. The first-order chi connectivity index (χ1) is 12.2. The fourth-order valence-corrected chi connectivity index (χ4v) is 3.11. The molecule has 130 valence electrons. The molecular weight excluding hydrogens is 340 g/mol. The second-order valence-corrected chi connectivity index (χ2v) is 6.01. The fraction of sp³-hybridized carbons (Fsp3) is 0.375. The molecular formula is C16H19ClN8. The number of allylic oxidation sites excluding steroid dienone is 1. The summed E-state index contributed by atoms with van der Waals surface area (Å²) in [5, 5.41) is 26.6. The lowest BCUT2D eigenvalue weighted by molar-refractivity contribution is 0.271. The third kappa shape index (κ3) is 3.90. The number of nitrogens with zero attached hydrogens (tertiary/aromatic N) is 6. The molecule has 8 nitrogen and oxygen atoms in total. The van der Waals surface area contributed by atoms with Gasteiger partial charge in [0.15, 0.2) is 0 Å². The number of nitriles is 1. The number of benzene rings is 1. The van der Waals surface area contributed by atoms with Gasteiger partial charge in [-0.2, -0.15) is 10.5 Å². The van der Waals surface area contributed by atoms with E-state index in [9.17, 15) is 5.26 Å². The van der Waals surface area contributed by atoms with E-state index in [0.29, 0.717) is 5.02 Å². The maximum absolute atomic E-state index is 9.28. The number of aromatic nitrogens is 4. The van der Waals surface area contributed by atoms with E-state index < -0.39 is 0 Å². The highest BCUT2D eigenvalue weighted by Gasteiger charge is 2.20. The molecule has 2 heterocycles. The van der Waals surface area contributed by atoms with E-state index in [1.165, 1.54) is 0 Å². The van der Waals surface area contributed by atoms with Crippen molar-refractivity contribution in [3.63, 3.8) is 0 Å². The highest BCUT2D eigenvalue weighted by atomic mass is 35.5. The van der Waals surface area contributed by atoms with Crippen molar-refractivity contribution in [3.05, 3.63) is 35.2 Å². The Labute approximate surface area is 151 Å². The average Bonchev–Trinajstić information content (AvgIpc) is 3.17. The lowest BCUT2D eigenvalue weighted by atomic mass is 10.2. The summed E-state index contributed by atoms with van der Waals surface area (Å²) in [5.41, 5.74) is 2.07. The van der Waals surface area contributed by atoms with Crippen molar-refractivity contribution in [2.24, 2.45) is 0 Å². The van der Waals surface area contributed by atoms with Crippen LogP contribution in [-0.4, -0.2) is 58.2 Å². The van der Waals surface area contributed by atoms with Gasteiger partial charge < -0.3 is 15.1 Å². The average molecular weight is 359 g/mol. The van der Waals surface area contributed by atoms with Crippen LogP contribution in [0.5, 0.6) is 0 Å². The maximum atomic E-state index is 9.28. The molecule has 0 atom stereocenters. The summed E-state index contributed by atoms with van der Waals surface area (Å²) < 4.78 is 0. The number of halogens is 1.